The van der Waals surface area contributed by atoms with E-state index < -0.39 is 86.3 Å². The van der Waals surface area contributed by atoms with Crippen LogP contribution in [0.5, 0.6) is 0 Å². The molecule has 6 aliphatic rings. The van der Waals surface area contributed by atoms with E-state index in [1.54, 1.807) is 0 Å². The maximum atomic E-state index is 12.5. The van der Waals surface area contributed by atoms with E-state index in [1.165, 1.54) is 5.57 Å². The van der Waals surface area contributed by atoms with Gasteiger partial charge in [0.25, 0.3) is 0 Å². The minimum absolute atomic E-state index is 0.104. The van der Waals surface area contributed by atoms with Crippen LogP contribution in [0.2, 0.25) is 0 Å². The van der Waals surface area contributed by atoms with Gasteiger partial charge >= 0.3 is 0 Å². The minimum atomic E-state index is -1.55. The van der Waals surface area contributed by atoms with Gasteiger partial charge in [-0.1, -0.05) is 46.3 Å². The smallest absolute Gasteiger partial charge is 0.187 e. The molecule has 1 unspecified atom stereocenters. The van der Waals surface area contributed by atoms with Crippen LogP contribution >= 0.6 is 0 Å². The molecule has 0 radical (unpaired) electrons. The lowest BCUT2D eigenvalue weighted by Crippen LogP contribution is -2.67. The van der Waals surface area contributed by atoms with Crippen LogP contribution in [0, 0.1) is 45.3 Å². The summed E-state index contributed by atoms with van der Waals surface area (Å²) in [6.07, 6.45) is -5.39. The summed E-state index contributed by atoms with van der Waals surface area (Å²) in [5.41, 5.74) is -0.592. The van der Waals surface area contributed by atoms with Crippen molar-refractivity contribution in [2.24, 2.45) is 45.3 Å². The van der Waals surface area contributed by atoms with Gasteiger partial charge in [-0.15, -0.1) is 0 Å². The van der Waals surface area contributed by atoms with Crippen LogP contribution in [0.1, 0.15) is 113 Å². The Labute approximate surface area is 327 Å². The van der Waals surface area contributed by atoms with E-state index in [0.717, 1.165) is 32.1 Å². The molecule has 0 spiro atoms. The molecule has 318 valence electrons. The highest BCUT2D eigenvalue weighted by Gasteiger charge is 2.72. The summed E-state index contributed by atoms with van der Waals surface area (Å²) in [4.78, 5) is 0. The van der Waals surface area contributed by atoms with Crippen LogP contribution in [0.15, 0.2) is 11.6 Å². The number of ether oxygens (including phenoxy) is 4. The van der Waals surface area contributed by atoms with E-state index in [9.17, 15) is 46.0 Å². The number of hydrogen-bond acceptors (Lipinski definition) is 13. The van der Waals surface area contributed by atoms with Gasteiger partial charge in [-0.05, 0) is 124 Å². The summed E-state index contributed by atoms with van der Waals surface area (Å²) >= 11 is 0. The van der Waals surface area contributed by atoms with Crippen LogP contribution in [0.3, 0.4) is 0 Å². The second-order valence-corrected chi connectivity index (χ2v) is 20.1. The topological polar surface area (TPSA) is 219 Å². The van der Waals surface area contributed by atoms with Gasteiger partial charge in [-0.3, -0.25) is 0 Å². The molecule has 0 aromatic rings. The first-order valence-electron chi connectivity index (χ1n) is 20.9. The van der Waals surface area contributed by atoms with Gasteiger partial charge in [0, 0.05) is 0 Å². The van der Waals surface area contributed by atoms with Crippen LogP contribution in [0.25, 0.3) is 0 Å². The SMILES string of the molecule is CC(C)=CCC[C@@](C)(O[C@@H]1O[C@H](CO)[C@@H](O)[C@H](O)[C@H]1O)[C@H]1CC[C@]2(C)[C@@H]1[C@H](O)CC1[C@@]3(C)CC[C@H](O[C@@H]4O[C@H](CO)[C@@H](O)[C@H](O)[C@H]4O)C(C)(C)[C@@H]3CC[C@]12C. The van der Waals surface area contributed by atoms with Crippen molar-refractivity contribution in [2.45, 2.75) is 192 Å². The molecule has 4 aliphatic carbocycles. The predicted octanol–water partition coefficient (Wildman–Crippen LogP) is 2.15. The Kier molecular flexibility index (Phi) is 12.5. The lowest BCUT2D eigenvalue weighted by atomic mass is 9.35. The molecule has 2 heterocycles. The van der Waals surface area contributed by atoms with Crippen molar-refractivity contribution in [1.29, 1.82) is 0 Å². The van der Waals surface area contributed by atoms with E-state index in [4.69, 9.17) is 18.9 Å². The Bertz CT molecular complexity index is 1370. The number of aliphatic hydroxyl groups is 9. The van der Waals surface area contributed by atoms with Gasteiger partial charge in [-0.2, -0.15) is 0 Å². The molecule has 0 amide bonds. The minimum Gasteiger partial charge on any atom is -0.394 e. The third-order valence-corrected chi connectivity index (χ3v) is 16.7. The first-order chi connectivity index (χ1) is 25.6. The number of rotatable bonds is 10. The summed E-state index contributed by atoms with van der Waals surface area (Å²) in [5, 5.41) is 95.9. The lowest BCUT2D eigenvalue weighted by Gasteiger charge is -2.71. The molecule has 0 aromatic heterocycles. The summed E-state index contributed by atoms with van der Waals surface area (Å²) in [5.74, 6) is 0.196. The Morgan fingerprint density at radius 2 is 1.27 bits per heavy atom. The first-order valence-corrected chi connectivity index (χ1v) is 20.9. The normalized spacial score (nSPS) is 52.0. The Balaban J connectivity index is 1.26. The van der Waals surface area contributed by atoms with Crippen molar-refractivity contribution in [1.82, 2.24) is 0 Å². The van der Waals surface area contributed by atoms with Gasteiger partial charge in [0.05, 0.1) is 31.0 Å². The molecule has 0 aromatic carbocycles. The zero-order valence-corrected chi connectivity index (χ0v) is 34.3. The second-order valence-electron chi connectivity index (χ2n) is 20.1. The van der Waals surface area contributed by atoms with E-state index >= 15 is 0 Å². The number of aliphatic hydroxyl groups excluding tert-OH is 9. The van der Waals surface area contributed by atoms with E-state index in [0.29, 0.717) is 25.7 Å². The van der Waals surface area contributed by atoms with Gasteiger partial charge in [0.2, 0.25) is 0 Å². The Morgan fingerprint density at radius 3 is 1.85 bits per heavy atom. The fourth-order valence-corrected chi connectivity index (χ4v) is 13.4. The van der Waals surface area contributed by atoms with Crippen molar-refractivity contribution in [3.8, 4) is 0 Å². The third kappa shape index (κ3) is 7.10. The Hall–Kier alpha value is -0.780. The molecule has 13 heteroatoms. The summed E-state index contributed by atoms with van der Waals surface area (Å²) in [6.45, 7) is 16.6. The second kappa shape index (κ2) is 15.7. The molecule has 2 aliphatic heterocycles. The molecule has 4 saturated carbocycles. The van der Waals surface area contributed by atoms with Crippen LogP contribution in [0.4, 0.5) is 0 Å². The van der Waals surface area contributed by atoms with Crippen LogP contribution in [-0.4, -0.2) is 138 Å². The molecule has 13 nitrogen and oxygen atoms in total. The van der Waals surface area contributed by atoms with Crippen LogP contribution in [-0.2, 0) is 18.9 Å². The maximum absolute atomic E-state index is 12.5. The average Bonchev–Trinajstić information content (AvgIpc) is 3.51. The lowest BCUT2D eigenvalue weighted by molar-refractivity contribution is -0.338. The maximum Gasteiger partial charge on any atom is 0.187 e. The average molecular weight is 785 g/mol. The fraction of sp³-hybridized carbons (Fsp3) is 0.952. The van der Waals surface area contributed by atoms with E-state index in [2.05, 4.69) is 40.7 Å². The first kappa shape index (κ1) is 43.8. The molecule has 55 heavy (non-hydrogen) atoms. The third-order valence-electron chi connectivity index (χ3n) is 16.7. The predicted molar refractivity (Wildman–Crippen MR) is 201 cm³/mol. The van der Waals surface area contributed by atoms with Crippen molar-refractivity contribution in [2.75, 3.05) is 13.2 Å². The monoisotopic (exact) mass is 784 g/mol. The van der Waals surface area contributed by atoms with Gasteiger partial charge in [0.15, 0.2) is 12.6 Å². The summed E-state index contributed by atoms with van der Waals surface area (Å²) < 4.78 is 24.9. The van der Waals surface area contributed by atoms with E-state index in [-0.39, 0.29) is 51.4 Å². The van der Waals surface area contributed by atoms with Crippen LogP contribution < -0.4 is 0 Å². The zero-order valence-electron chi connectivity index (χ0n) is 34.3. The van der Waals surface area contributed by atoms with Gasteiger partial charge < -0.3 is 64.9 Å². The largest absolute Gasteiger partial charge is 0.394 e. The standard InChI is InChI=1S/C42H72O13/c1-21(2)10-9-14-42(8,55-37-35(51)33(49)31(47)25(20-44)53-37)22-11-16-41(7)29(22)23(45)18-27-39(5)15-13-28(38(3,4)26(39)12-17-40(27,41)6)54-36-34(50)32(48)30(46)24(19-43)52-36/h10,22-37,43-51H,9,11-20H2,1-8H3/t22-,23+,24+,25+,26-,27?,28-,29-,30+,31+,32-,33-,34+,35+,36-,37-,39-,40+,41+,42+/m0/s1. The molecule has 0 bridgehead atoms. The summed E-state index contributed by atoms with van der Waals surface area (Å²) in [7, 11) is 0. The van der Waals surface area contributed by atoms with Crippen molar-refractivity contribution < 1.29 is 64.9 Å². The molecule has 2 saturated heterocycles. The van der Waals surface area contributed by atoms with Crippen molar-refractivity contribution in [3.05, 3.63) is 11.6 Å². The molecule has 6 rings (SSSR count). The number of fused-ring (bicyclic) bond motifs is 5. The highest BCUT2D eigenvalue weighted by Crippen LogP contribution is 2.76. The van der Waals surface area contributed by atoms with Gasteiger partial charge in [-0.25, -0.2) is 0 Å². The quantitative estimate of drug-likeness (QED) is 0.115. The molecule has 20 atom stereocenters. The number of allylic oxidation sites excluding steroid dienone is 2. The van der Waals surface area contributed by atoms with Crippen molar-refractivity contribution >= 4 is 0 Å². The fourth-order valence-electron chi connectivity index (χ4n) is 13.4. The summed E-state index contributed by atoms with van der Waals surface area (Å²) in [6, 6.07) is 0. The molecular weight excluding hydrogens is 712 g/mol. The number of hydrogen-bond donors (Lipinski definition) is 9. The molecular formula is C42H72O13. The van der Waals surface area contributed by atoms with Crippen molar-refractivity contribution in [3.63, 3.8) is 0 Å². The molecule has 9 N–H and O–H groups in total. The van der Waals surface area contributed by atoms with Gasteiger partial charge in [0.1, 0.15) is 48.8 Å². The zero-order chi connectivity index (χ0) is 40.6. The highest BCUT2D eigenvalue weighted by atomic mass is 16.7. The highest BCUT2D eigenvalue weighted by molar-refractivity contribution is 5.20. The molecule has 6 fully saturated rings. The Morgan fingerprint density at radius 1 is 0.709 bits per heavy atom. The van der Waals surface area contributed by atoms with E-state index in [1.807, 2.05) is 20.8 Å².